The first-order valence-electron chi connectivity index (χ1n) is 4.01. The van der Waals surface area contributed by atoms with Crippen LogP contribution in [0.15, 0.2) is 0 Å². The normalized spacial score (nSPS) is 11.5. The van der Waals surface area contributed by atoms with Gasteiger partial charge in [-0.3, -0.25) is 0 Å². The number of halogens is 1. The average Bonchev–Trinajstić information content (AvgIpc) is 1.85. The molecule has 0 heterocycles. The summed E-state index contributed by atoms with van der Waals surface area (Å²) in [5.74, 6) is 0. The fraction of sp³-hybridized carbons (Fsp3) is 1.00. The van der Waals surface area contributed by atoms with Crippen LogP contribution >= 0.6 is 11.5 Å². The zero-order chi connectivity index (χ0) is 9.89. The van der Waals surface area contributed by atoms with E-state index in [2.05, 4.69) is 9.62 Å². The molecule has 12 heavy (non-hydrogen) atoms. The second-order valence-electron chi connectivity index (χ2n) is 3.68. The molecule has 0 bridgehead atoms. The van der Waals surface area contributed by atoms with Crippen molar-refractivity contribution in [3.8, 4) is 0 Å². The van der Waals surface area contributed by atoms with Crippen molar-refractivity contribution in [3.05, 3.63) is 0 Å². The summed E-state index contributed by atoms with van der Waals surface area (Å²) in [6.07, 6.45) is 0.00926. The molecule has 0 N–H and O–H groups in total. The van der Waals surface area contributed by atoms with Crippen LogP contribution in [0.3, 0.4) is 0 Å². The molecule has 0 aliphatic heterocycles. The lowest BCUT2D eigenvalue weighted by Gasteiger charge is -2.31. The van der Waals surface area contributed by atoms with E-state index in [0.29, 0.717) is 0 Å². The molecule has 0 spiro atoms. The highest BCUT2D eigenvalue weighted by Crippen LogP contribution is 2.03. The van der Waals surface area contributed by atoms with Gasteiger partial charge in [-0.05, 0) is 42.3 Å². The van der Waals surface area contributed by atoms with Gasteiger partial charge in [0.15, 0.2) is 0 Å². The summed E-state index contributed by atoms with van der Waals surface area (Å²) in [7, 11) is 12.1. The smallest absolute Gasteiger partial charge is 0.334 e. The fourth-order valence-corrected chi connectivity index (χ4v) is 1.67. The van der Waals surface area contributed by atoms with Crippen molar-refractivity contribution >= 4 is 24.5 Å². The van der Waals surface area contributed by atoms with Crippen LogP contribution in [0.25, 0.3) is 0 Å². The van der Waals surface area contributed by atoms with E-state index >= 15 is 0 Å². The summed E-state index contributed by atoms with van der Waals surface area (Å²) in [6.45, 7) is 0.238. The van der Waals surface area contributed by atoms with Gasteiger partial charge >= 0.3 is 13.0 Å². The number of hydrogen-bond donors (Lipinski definition) is 0. The van der Waals surface area contributed by atoms with Crippen LogP contribution in [0.2, 0.25) is 0 Å². The van der Waals surface area contributed by atoms with Crippen LogP contribution in [0.1, 0.15) is 0 Å². The third-order valence-corrected chi connectivity index (χ3v) is 2.41. The zero-order valence-corrected chi connectivity index (χ0v) is 9.63. The summed E-state index contributed by atoms with van der Waals surface area (Å²) >= 11 is 6.21. The predicted molar refractivity (Wildman–Crippen MR) is 58.4 cm³/mol. The topological polar surface area (TPSA) is 9.72 Å². The molecule has 0 aromatic rings. The van der Waals surface area contributed by atoms with E-state index < -0.39 is 0 Å². The second-order valence-corrected chi connectivity index (χ2v) is 4.12. The molecule has 70 valence electrons. The quantitative estimate of drug-likeness (QED) is 0.575. The van der Waals surface area contributed by atoms with Gasteiger partial charge in [-0.15, -0.1) is 0 Å². The van der Waals surface area contributed by atoms with Gasteiger partial charge < -0.3 is 14.4 Å². The minimum absolute atomic E-state index is 0.00926. The van der Waals surface area contributed by atoms with Crippen molar-refractivity contribution < 1.29 is 0 Å². The fourth-order valence-electron chi connectivity index (χ4n) is 1.22. The van der Waals surface area contributed by atoms with E-state index in [0.717, 1.165) is 0 Å². The van der Waals surface area contributed by atoms with Gasteiger partial charge in [0, 0.05) is 0 Å². The van der Waals surface area contributed by atoms with Crippen molar-refractivity contribution in [2.24, 2.45) is 0 Å². The van der Waals surface area contributed by atoms with E-state index in [1.54, 1.807) is 0 Å². The van der Waals surface area contributed by atoms with Crippen LogP contribution in [0, 0.1) is 0 Å². The van der Waals surface area contributed by atoms with E-state index in [1.807, 2.05) is 47.1 Å². The van der Waals surface area contributed by atoms with Gasteiger partial charge in [0.2, 0.25) is 0 Å². The van der Waals surface area contributed by atoms with Gasteiger partial charge in [0.1, 0.15) is 0 Å². The molecular weight excluding hydrogens is 171 g/mol. The molecule has 0 saturated carbocycles. The Balaban J connectivity index is 4.30. The van der Waals surface area contributed by atoms with Crippen LogP contribution in [0.5, 0.6) is 0 Å². The molecule has 0 saturated heterocycles. The standard InChI is InChI=1S/C6H18B2ClN3/c1-10(2)7(9)8(11(3)4)12(5)6/h1-6H3. The molecule has 0 atom stereocenters. The van der Waals surface area contributed by atoms with Crippen LogP contribution in [-0.4, -0.2) is 69.7 Å². The number of rotatable bonds is 4. The van der Waals surface area contributed by atoms with Crippen LogP contribution in [-0.2, 0) is 0 Å². The second kappa shape index (κ2) is 5.12. The molecule has 0 aliphatic carbocycles. The molecule has 0 aromatic heterocycles. The summed E-state index contributed by atoms with van der Waals surface area (Å²) < 4.78 is 0. The summed E-state index contributed by atoms with van der Waals surface area (Å²) in [5.41, 5.74) is 0. The molecule has 3 nitrogen and oxygen atoms in total. The maximum absolute atomic E-state index is 6.21. The Hall–Kier alpha value is 0.300. The van der Waals surface area contributed by atoms with Crippen molar-refractivity contribution in [1.82, 2.24) is 14.4 Å². The average molecular weight is 189 g/mol. The van der Waals surface area contributed by atoms with Gasteiger partial charge in [-0.2, -0.15) is 11.5 Å². The maximum atomic E-state index is 6.21. The highest BCUT2D eigenvalue weighted by Gasteiger charge is 2.35. The molecule has 6 heteroatoms. The van der Waals surface area contributed by atoms with Crippen LogP contribution < -0.4 is 0 Å². The Kier molecular flexibility index (Phi) is 5.25. The van der Waals surface area contributed by atoms with E-state index in [-0.39, 0.29) is 13.0 Å². The van der Waals surface area contributed by atoms with Crippen molar-refractivity contribution in [1.29, 1.82) is 0 Å². The molecule has 0 radical (unpaired) electrons. The molecule has 0 unspecified atom stereocenters. The Bertz CT molecular complexity index is 124. The van der Waals surface area contributed by atoms with Crippen molar-refractivity contribution in [2.45, 2.75) is 0 Å². The number of nitrogens with zero attached hydrogens (tertiary/aromatic N) is 3. The highest BCUT2D eigenvalue weighted by molar-refractivity contribution is 7.40. The summed E-state index contributed by atoms with van der Waals surface area (Å²) in [5, 5.41) is 0. The van der Waals surface area contributed by atoms with Crippen LogP contribution in [0.4, 0.5) is 0 Å². The first-order chi connectivity index (χ1) is 5.37. The zero-order valence-electron chi connectivity index (χ0n) is 8.87. The van der Waals surface area contributed by atoms with Gasteiger partial charge in [0.05, 0.1) is 0 Å². The summed E-state index contributed by atoms with van der Waals surface area (Å²) in [4.78, 5) is 6.22. The third-order valence-electron chi connectivity index (χ3n) is 1.80. The van der Waals surface area contributed by atoms with E-state index in [9.17, 15) is 0 Å². The molecule has 0 aromatic carbocycles. The maximum Gasteiger partial charge on any atom is 0.334 e. The van der Waals surface area contributed by atoms with E-state index in [1.165, 1.54) is 0 Å². The molecule has 0 fully saturated rings. The SMILES string of the molecule is CN(C)B(Cl)B(N(C)C)N(C)C. The lowest BCUT2D eigenvalue weighted by atomic mass is 9.40. The Labute approximate surface area is 81.8 Å². The lowest BCUT2D eigenvalue weighted by molar-refractivity contribution is 0.528. The Morgan fingerprint density at radius 3 is 1.17 bits per heavy atom. The lowest BCUT2D eigenvalue weighted by Crippen LogP contribution is -2.59. The van der Waals surface area contributed by atoms with Gasteiger partial charge in [0.25, 0.3) is 0 Å². The number of hydrogen-bond acceptors (Lipinski definition) is 3. The molecule has 0 amide bonds. The van der Waals surface area contributed by atoms with E-state index in [4.69, 9.17) is 11.5 Å². The largest absolute Gasteiger partial charge is 0.338 e. The predicted octanol–water partition coefficient (Wildman–Crippen LogP) is -0.0352. The first kappa shape index (κ1) is 12.3. The minimum atomic E-state index is 0.00926. The molecule has 0 aliphatic rings. The molecule has 0 rings (SSSR count). The van der Waals surface area contributed by atoms with Gasteiger partial charge in [-0.1, -0.05) is 0 Å². The highest BCUT2D eigenvalue weighted by atomic mass is 35.5. The Morgan fingerprint density at radius 1 is 0.750 bits per heavy atom. The minimum Gasteiger partial charge on any atom is -0.338 e. The monoisotopic (exact) mass is 189 g/mol. The first-order valence-corrected chi connectivity index (χ1v) is 4.45. The Morgan fingerprint density at radius 2 is 1.08 bits per heavy atom. The third kappa shape index (κ3) is 3.35. The van der Waals surface area contributed by atoms with Crippen molar-refractivity contribution in [3.63, 3.8) is 0 Å². The summed E-state index contributed by atoms with van der Waals surface area (Å²) in [6, 6.07) is 0. The van der Waals surface area contributed by atoms with Gasteiger partial charge in [-0.25, -0.2) is 0 Å². The molecular formula is C6H18B2ClN3. The van der Waals surface area contributed by atoms with Crippen molar-refractivity contribution in [2.75, 3.05) is 42.3 Å².